The summed E-state index contributed by atoms with van der Waals surface area (Å²) in [7, 11) is 0. The van der Waals surface area contributed by atoms with Crippen molar-refractivity contribution in [1.29, 1.82) is 0 Å². The molecule has 1 atom stereocenters. The minimum Gasteiger partial charge on any atom is -0.494 e. The summed E-state index contributed by atoms with van der Waals surface area (Å²) in [5.74, 6) is 0.518. The quantitative estimate of drug-likeness (QED) is 0.567. The Kier molecular flexibility index (Phi) is 7.17. The molecule has 0 unspecified atom stereocenters. The molecule has 1 heterocycles. The van der Waals surface area contributed by atoms with Gasteiger partial charge in [-0.15, -0.1) is 0 Å². The zero-order valence-corrected chi connectivity index (χ0v) is 16.5. The van der Waals surface area contributed by atoms with E-state index in [4.69, 9.17) is 9.47 Å². The second-order valence-corrected chi connectivity index (χ2v) is 6.77. The van der Waals surface area contributed by atoms with Gasteiger partial charge in [-0.3, -0.25) is 4.79 Å². The van der Waals surface area contributed by atoms with E-state index in [9.17, 15) is 4.79 Å². The van der Waals surface area contributed by atoms with Crippen LogP contribution in [-0.4, -0.2) is 44.5 Å². The topological polar surface area (TPSA) is 64.4 Å². The highest BCUT2D eigenvalue weighted by Gasteiger charge is 2.29. The molecule has 3 rings (SSSR count). The summed E-state index contributed by atoms with van der Waals surface area (Å²) >= 11 is 0. The zero-order chi connectivity index (χ0) is 19.8. The van der Waals surface area contributed by atoms with Crippen LogP contribution in [0, 0.1) is 0 Å². The summed E-state index contributed by atoms with van der Waals surface area (Å²) < 4.78 is 10.9. The van der Waals surface area contributed by atoms with E-state index in [1.54, 1.807) is 24.3 Å². The monoisotopic (exact) mass is 382 g/mol. The Morgan fingerprint density at radius 2 is 1.82 bits per heavy atom. The molecule has 1 fully saturated rings. The van der Waals surface area contributed by atoms with Crippen molar-refractivity contribution in [1.82, 2.24) is 5.43 Å². The van der Waals surface area contributed by atoms with Gasteiger partial charge in [0.25, 0.3) is 5.91 Å². The Hall–Kier alpha value is -2.70. The van der Waals surface area contributed by atoms with E-state index in [-0.39, 0.29) is 11.9 Å². The second-order valence-electron chi connectivity index (χ2n) is 6.77. The predicted molar refractivity (Wildman–Crippen MR) is 109 cm³/mol. The first-order valence-corrected chi connectivity index (χ1v) is 9.73. The highest BCUT2D eigenvalue weighted by atomic mass is 16.5. The van der Waals surface area contributed by atoms with Crippen LogP contribution in [0.3, 0.4) is 0 Å². The van der Waals surface area contributed by atoms with Gasteiger partial charge in [0.1, 0.15) is 18.8 Å². The van der Waals surface area contributed by atoms with Gasteiger partial charge in [0.15, 0.2) is 6.04 Å². The number of quaternary nitrogens is 1. The molecule has 6 heteroatoms. The molecule has 0 aliphatic carbocycles. The third-order valence-corrected chi connectivity index (χ3v) is 4.86. The summed E-state index contributed by atoms with van der Waals surface area (Å²) in [6.45, 7) is 7.81. The Morgan fingerprint density at radius 3 is 2.46 bits per heavy atom. The van der Waals surface area contributed by atoms with E-state index < -0.39 is 0 Å². The lowest BCUT2D eigenvalue weighted by molar-refractivity contribution is -0.928. The summed E-state index contributed by atoms with van der Waals surface area (Å²) in [5, 5.41) is 4.44. The molecular formula is C22H28N3O3+. The fourth-order valence-corrected chi connectivity index (χ4v) is 3.48. The first-order chi connectivity index (χ1) is 13.7. The number of hydrogen-bond donors (Lipinski definition) is 2. The molecule has 6 nitrogen and oxygen atoms in total. The first-order valence-electron chi connectivity index (χ1n) is 9.73. The molecule has 1 aliphatic heterocycles. The van der Waals surface area contributed by atoms with Crippen LogP contribution in [0.2, 0.25) is 0 Å². The fourth-order valence-electron chi connectivity index (χ4n) is 3.48. The minimum atomic E-state index is -0.230. The molecule has 28 heavy (non-hydrogen) atoms. The van der Waals surface area contributed by atoms with Crippen molar-refractivity contribution in [2.45, 2.75) is 19.9 Å². The smallest absolute Gasteiger partial charge is 0.271 e. The number of amides is 1. The van der Waals surface area contributed by atoms with Gasteiger partial charge >= 0.3 is 0 Å². The number of carbonyl (C=O) groups is 1. The van der Waals surface area contributed by atoms with Crippen LogP contribution in [0.1, 0.15) is 35.8 Å². The Bertz CT molecular complexity index is 784. The SMILES string of the molecule is CCOc1ccc(C(=O)N/N=C(/C)[C@H](c2ccccc2)[NH+]2CCOCC2)cc1. The summed E-state index contributed by atoms with van der Waals surface area (Å²) in [5.41, 5.74) is 5.32. The van der Waals surface area contributed by atoms with Crippen molar-refractivity contribution in [3.05, 3.63) is 65.7 Å². The number of morpholine rings is 1. The second kappa shape index (κ2) is 10.0. The van der Waals surface area contributed by atoms with Crippen molar-refractivity contribution in [2.24, 2.45) is 5.10 Å². The van der Waals surface area contributed by atoms with Crippen molar-refractivity contribution < 1.29 is 19.2 Å². The van der Waals surface area contributed by atoms with Gasteiger partial charge in [-0.1, -0.05) is 30.3 Å². The molecule has 1 amide bonds. The number of carbonyl (C=O) groups excluding carboxylic acids is 1. The van der Waals surface area contributed by atoms with Gasteiger partial charge in [0.2, 0.25) is 0 Å². The number of nitrogens with one attached hydrogen (secondary N) is 2. The lowest BCUT2D eigenvalue weighted by Gasteiger charge is -2.31. The average Bonchev–Trinajstić information content (AvgIpc) is 2.74. The molecule has 0 bridgehead atoms. The molecular weight excluding hydrogens is 354 g/mol. The van der Waals surface area contributed by atoms with Gasteiger partial charge in [0.05, 0.1) is 25.5 Å². The van der Waals surface area contributed by atoms with Gasteiger partial charge in [-0.2, -0.15) is 5.10 Å². The highest BCUT2D eigenvalue weighted by Crippen LogP contribution is 2.13. The lowest BCUT2D eigenvalue weighted by Crippen LogP contribution is -3.15. The van der Waals surface area contributed by atoms with Crippen molar-refractivity contribution in [2.75, 3.05) is 32.9 Å². The van der Waals surface area contributed by atoms with E-state index in [0.29, 0.717) is 12.2 Å². The number of rotatable bonds is 7. The Balaban J connectivity index is 1.73. The van der Waals surface area contributed by atoms with Crippen molar-refractivity contribution in [3.63, 3.8) is 0 Å². The summed E-state index contributed by atoms with van der Waals surface area (Å²) in [6.07, 6.45) is 0. The third kappa shape index (κ3) is 5.18. The molecule has 0 saturated carbocycles. The van der Waals surface area contributed by atoms with Crippen LogP contribution < -0.4 is 15.1 Å². The Morgan fingerprint density at radius 1 is 1.14 bits per heavy atom. The minimum absolute atomic E-state index is 0.0886. The molecule has 2 N–H and O–H groups in total. The largest absolute Gasteiger partial charge is 0.494 e. The van der Waals surface area contributed by atoms with Crippen LogP contribution in [0.5, 0.6) is 5.75 Å². The molecule has 148 valence electrons. The number of hydrazone groups is 1. The van der Waals surface area contributed by atoms with Crippen LogP contribution in [0.25, 0.3) is 0 Å². The van der Waals surface area contributed by atoms with E-state index >= 15 is 0 Å². The van der Waals surface area contributed by atoms with Crippen LogP contribution in [-0.2, 0) is 4.74 Å². The number of nitrogens with zero attached hydrogens (tertiary/aromatic N) is 1. The number of benzene rings is 2. The number of ether oxygens (including phenoxy) is 2. The number of hydrogen-bond acceptors (Lipinski definition) is 4. The standard InChI is InChI=1S/C22H27N3O3/c1-3-28-20-11-9-19(10-12-20)22(26)24-23-17(2)21(18-7-5-4-6-8-18)25-13-15-27-16-14-25/h4-12,21H,3,13-16H2,1-2H3,(H,24,26)/p+1/b23-17-/t21-/m1/s1. The average molecular weight is 382 g/mol. The van der Waals surface area contributed by atoms with Gasteiger partial charge < -0.3 is 14.4 Å². The van der Waals surface area contributed by atoms with Gasteiger partial charge in [0, 0.05) is 11.1 Å². The van der Waals surface area contributed by atoms with Crippen molar-refractivity contribution >= 4 is 11.6 Å². The highest BCUT2D eigenvalue weighted by molar-refractivity contribution is 5.96. The molecule has 1 saturated heterocycles. The van der Waals surface area contributed by atoms with Gasteiger partial charge in [-0.05, 0) is 38.1 Å². The first kappa shape index (κ1) is 20.0. The fraction of sp³-hybridized carbons (Fsp3) is 0.364. The van der Waals surface area contributed by atoms with E-state index in [1.165, 1.54) is 10.5 Å². The molecule has 2 aromatic rings. The zero-order valence-electron chi connectivity index (χ0n) is 16.5. The maximum absolute atomic E-state index is 12.5. The molecule has 0 radical (unpaired) electrons. The van der Waals surface area contributed by atoms with Gasteiger partial charge in [-0.25, -0.2) is 5.43 Å². The van der Waals surface area contributed by atoms with Crippen LogP contribution in [0.15, 0.2) is 59.7 Å². The maximum Gasteiger partial charge on any atom is 0.271 e. The van der Waals surface area contributed by atoms with E-state index in [2.05, 4.69) is 22.7 Å². The van der Waals surface area contributed by atoms with E-state index in [1.807, 2.05) is 32.0 Å². The molecule has 0 aromatic heterocycles. The molecule has 2 aromatic carbocycles. The maximum atomic E-state index is 12.5. The van der Waals surface area contributed by atoms with Crippen molar-refractivity contribution in [3.8, 4) is 5.75 Å². The Labute approximate surface area is 166 Å². The summed E-state index contributed by atoms with van der Waals surface area (Å²) in [4.78, 5) is 13.9. The molecule has 1 aliphatic rings. The molecule has 0 spiro atoms. The van der Waals surface area contributed by atoms with Crippen LogP contribution in [0.4, 0.5) is 0 Å². The summed E-state index contributed by atoms with van der Waals surface area (Å²) in [6, 6.07) is 17.5. The third-order valence-electron chi connectivity index (χ3n) is 4.86. The van der Waals surface area contributed by atoms with Crippen LogP contribution >= 0.6 is 0 Å². The normalized spacial score (nSPS) is 16.4. The predicted octanol–water partition coefficient (Wildman–Crippen LogP) is 1.85. The lowest BCUT2D eigenvalue weighted by atomic mass is 10.0. The van der Waals surface area contributed by atoms with E-state index in [0.717, 1.165) is 37.8 Å².